The highest BCUT2D eigenvalue weighted by Crippen LogP contribution is 2.30. The minimum atomic E-state index is -2.87. The predicted molar refractivity (Wildman–Crippen MR) is 427 cm³/mol. The highest BCUT2D eigenvalue weighted by Gasteiger charge is 2.17. The molecule has 9 aromatic heterocycles. The number of anilines is 9. The first-order valence-corrected chi connectivity index (χ1v) is 33.8. The first-order chi connectivity index (χ1) is 57.3. The van der Waals surface area contributed by atoms with Crippen molar-refractivity contribution >= 4 is 69.7 Å². The van der Waals surface area contributed by atoms with Crippen LogP contribution in [0.1, 0.15) is 97.7 Å². The summed E-state index contributed by atoms with van der Waals surface area (Å²) in [4.78, 5) is 83.0. The SMILES string of the molecule is [2H]c1c([2H])c(C(=O)Nc2cc(C)cc(-n3ccc(C)c3)c2)c([2H])c(Nc2nccc(-c3cccnc3)n2)c1C.[2H]c1c([2H])c(C(=O)Nc2cc(C)cc(-n3cnc(C)c3)c2)c([2H])c(Nc2nccc(-c3cccnc3)n2)c1C.[2H]c1c([2H])c(C([2H])([2H])[2H])c(Nc2nccc(-c3cccnc3)n2)c([2H])c1C(=O)Nc1cc(C)cc(-n2ccc(C)c2)c1. The summed E-state index contributed by atoms with van der Waals surface area (Å²) >= 11 is 0. The van der Waals surface area contributed by atoms with E-state index in [0.29, 0.717) is 50.8 Å². The van der Waals surface area contributed by atoms with Gasteiger partial charge in [-0.05, 0) is 264 Å². The molecule has 22 nitrogen and oxygen atoms in total. The number of amides is 3. The van der Waals surface area contributed by atoms with Crippen LogP contribution in [0.25, 0.3) is 50.8 Å². The standard InChI is InChI=1S/2C29H26N6O.C28H25N7O/c2*1-19-9-12-35(18-19)25-14-20(2)13-24(16-25)32-28(36)22-7-6-21(3)27(15-22)34-29-31-11-8-26(33-29)23-5-4-10-30-17-23;1-18-11-23(14-24(12-18)35-16-20(3)31-17-35)32-27(36)21-7-6-19(2)26(13-21)34-28-30-10-8-25(33-28)22-5-4-9-29-15-22/h2*4-18H,1-3H3,(H,32,36)(H,31,33,34);4-17H,1-3H3,(H,32,36)(H,30,33,34)/i3D3,6D,7D,15D;6D,7D,15D;6D,7D,13D. The molecule has 0 aliphatic rings. The van der Waals surface area contributed by atoms with Gasteiger partial charge in [0.25, 0.3) is 17.7 Å². The Hall–Kier alpha value is -14.4. The van der Waals surface area contributed by atoms with Crippen LogP contribution in [0.15, 0.2) is 269 Å². The van der Waals surface area contributed by atoms with Gasteiger partial charge in [0.2, 0.25) is 17.8 Å². The predicted octanol–water partition coefficient (Wildman–Crippen LogP) is 18.1. The number of pyridine rings is 3. The number of nitrogens with zero attached hydrogens (tertiary/aromatic N) is 13. The Morgan fingerprint density at radius 2 is 0.741 bits per heavy atom. The van der Waals surface area contributed by atoms with Crippen molar-refractivity contribution in [2.75, 3.05) is 31.9 Å². The zero-order valence-corrected chi connectivity index (χ0v) is 59.7. The molecule has 0 unspecified atom stereocenters. The molecule has 0 atom stereocenters. The maximum atomic E-state index is 13.5. The molecule has 6 aromatic carbocycles. The van der Waals surface area contributed by atoms with Crippen LogP contribution < -0.4 is 31.9 Å². The Morgan fingerprint density at radius 1 is 0.380 bits per heavy atom. The van der Waals surface area contributed by atoms with Crippen LogP contribution in [-0.2, 0) is 0 Å². The average Bonchev–Trinajstić information content (AvgIpc) is 0.998. The smallest absolute Gasteiger partial charge is 0.255 e. The lowest BCUT2D eigenvalue weighted by Crippen LogP contribution is -2.13. The number of aromatic nitrogens is 13. The summed E-state index contributed by atoms with van der Waals surface area (Å²) in [6, 6.07) is 33.2. The van der Waals surface area contributed by atoms with Gasteiger partial charge in [-0.15, -0.1) is 0 Å². The molecule has 534 valence electrons. The van der Waals surface area contributed by atoms with Gasteiger partial charge in [-0.2, -0.15) is 0 Å². The lowest BCUT2D eigenvalue weighted by atomic mass is 10.1. The van der Waals surface area contributed by atoms with Gasteiger partial charge < -0.3 is 45.6 Å². The summed E-state index contributed by atoms with van der Waals surface area (Å²) in [6.07, 6.45) is 25.8. The number of rotatable bonds is 18. The van der Waals surface area contributed by atoms with Crippen molar-refractivity contribution in [2.45, 2.75) is 62.2 Å². The zero-order chi connectivity index (χ0) is 85.5. The maximum Gasteiger partial charge on any atom is 0.255 e. The third-order valence-corrected chi connectivity index (χ3v) is 16.3. The summed E-state index contributed by atoms with van der Waals surface area (Å²) in [5.74, 6) is -1.80. The van der Waals surface area contributed by atoms with E-state index in [4.69, 9.17) is 16.4 Å². The largest absolute Gasteiger partial charge is 0.324 e. The van der Waals surface area contributed by atoms with E-state index < -0.39 is 53.8 Å². The van der Waals surface area contributed by atoms with Crippen LogP contribution in [0.4, 0.5) is 52.0 Å². The molecule has 15 rings (SSSR count). The van der Waals surface area contributed by atoms with Crippen molar-refractivity contribution in [2.24, 2.45) is 0 Å². The molecule has 0 saturated carbocycles. The number of benzene rings is 6. The first kappa shape index (κ1) is 58.0. The first-order valence-electron chi connectivity index (χ1n) is 39.8. The van der Waals surface area contributed by atoms with Gasteiger partial charge in [0.05, 0.1) is 41.4 Å². The molecule has 6 N–H and O–H groups in total. The van der Waals surface area contributed by atoms with Crippen molar-refractivity contribution in [3.63, 3.8) is 0 Å². The molecule has 0 spiro atoms. The van der Waals surface area contributed by atoms with Crippen LogP contribution in [0.3, 0.4) is 0 Å². The normalized spacial score (nSPS) is 12.4. The van der Waals surface area contributed by atoms with Crippen LogP contribution in [-0.4, -0.2) is 81.3 Å². The number of imidazole rings is 1. The molecule has 9 heterocycles. The number of nitrogens with one attached hydrogen (secondary N) is 6. The van der Waals surface area contributed by atoms with Gasteiger partial charge in [0.1, 0.15) is 0 Å². The molecule has 0 radical (unpaired) electrons. The molecule has 0 saturated heterocycles. The number of hydrogen-bond acceptors (Lipinski definition) is 16. The highest BCUT2D eigenvalue weighted by atomic mass is 16.2. The van der Waals surface area contributed by atoms with Gasteiger partial charge in [-0.25, -0.2) is 34.9 Å². The molecule has 0 aliphatic carbocycles. The fraction of sp³-hybridized carbons (Fsp3) is 0.105. The third-order valence-electron chi connectivity index (χ3n) is 16.3. The van der Waals surface area contributed by atoms with Crippen LogP contribution in [0.2, 0.25) is 0 Å². The summed E-state index contributed by atoms with van der Waals surface area (Å²) in [6.45, 7) is 11.9. The number of carbonyl (C=O) groups excluding carboxylic acids is 3. The Bertz CT molecular complexity index is 6180. The summed E-state index contributed by atoms with van der Waals surface area (Å²) in [7, 11) is 0. The van der Waals surface area contributed by atoms with Gasteiger partial charge in [0, 0.05) is 175 Å². The molecule has 0 aliphatic heterocycles. The van der Waals surface area contributed by atoms with Gasteiger partial charge >= 0.3 is 0 Å². The van der Waals surface area contributed by atoms with Crippen molar-refractivity contribution in [1.29, 1.82) is 0 Å². The monoisotopic (exact) mass is 1440 g/mol. The lowest BCUT2D eigenvalue weighted by Gasteiger charge is -2.13. The van der Waals surface area contributed by atoms with Gasteiger partial charge in [-0.3, -0.25) is 29.3 Å². The Morgan fingerprint density at radius 3 is 1.06 bits per heavy atom. The topological polar surface area (TPSA) is 267 Å². The minimum absolute atomic E-state index is 0.0517. The second kappa shape index (κ2) is 32.9. The van der Waals surface area contributed by atoms with E-state index in [2.05, 4.69) is 81.7 Å². The molecular weight excluding hydrogens is 1350 g/mol. The van der Waals surface area contributed by atoms with Crippen LogP contribution in [0.5, 0.6) is 0 Å². The van der Waals surface area contributed by atoms with Gasteiger partial charge in [-0.1, -0.05) is 18.1 Å². The Labute approximate surface area is 642 Å². The van der Waals surface area contributed by atoms with E-state index in [9.17, 15) is 14.4 Å². The molecule has 3 amide bonds. The summed E-state index contributed by atoms with van der Waals surface area (Å²) in [5, 5.41) is 17.1. The second-order valence-corrected chi connectivity index (χ2v) is 25.0. The highest BCUT2D eigenvalue weighted by molar-refractivity contribution is 6.07. The number of aryl methyl sites for hydroxylation is 6. The van der Waals surface area contributed by atoms with Crippen molar-refractivity contribution in [3.8, 4) is 50.8 Å². The second-order valence-electron chi connectivity index (χ2n) is 25.0. The summed E-state index contributed by atoms with van der Waals surface area (Å²) < 4.78 is 107. The molecule has 0 bridgehead atoms. The fourth-order valence-electron chi connectivity index (χ4n) is 11.1. The Kier molecular flexibility index (Phi) is 17.7. The van der Waals surface area contributed by atoms with Crippen molar-refractivity contribution < 1.29 is 30.8 Å². The van der Waals surface area contributed by atoms with E-state index in [1.165, 1.54) is 6.20 Å². The van der Waals surface area contributed by atoms with E-state index in [-0.39, 0.29) is 82.3 Å². The van der Waals surface area contributed by atoms with Crippen molar-refractivity contribution in [3.05, 3.63) is 336 Å². The quantitative estimate of drug-likeness (QED) is 0.0466. The fourth-order valence-corrected chi connectivity index (χ4v) is 11.1. The zero-order valence-electron chi connectivity index (χ0n) is 71.7. The van der Waals surface area contributed by atoms with Crippen LogP contribution >= 0.6 is 0 Å². The van der Waals surface area contributed by atoms with E-state index in [1.807, 2.05) is 141 Å². The molecule has 0 fully saturated rings. The Balaban J connectivity index is 0.000000156. The molecular formula is C86H77N19O3. The number of carbonyl (C=O) groups is 3. The van der Waals surface area contributed by atoms with Crippen molar-refractivity contribution in [1.82, 2.24) is 63.5 Å². The van der Waals surface area contributed by atoms with E-state index in [1.54, 1.807) is 136 Å². The molecule has 15 aromatic rings. The van der Waals surface area contributed by atoms with Gasteiger partial charge in [0.15, 0.2) is 0 Å². The minimum Gasteiger partial charge on any atom is -0.324 e. The molecule has 108 heavy (non-hydrogen) atoms. The maximum absolute atomic E-state index is 13.5. The van der Waals surface area contributed by atoms with Crippen LogP contribution in [0, 0.1) is 62.2 Å². The third kappa shape index (κ3) is 18.5. The van der Waals surface area contributed by atoms with E-state index >= 15 is 0 Å². The summed E-state index contributed by atoms with van der Waals surface area (Å²) in [5.41, 5.74) is 12.9. The molecule has 22 heteroatoms. The lowest BCUT2D eigenvalue weighted by molar-refractivity contribution is 0.101. The number of hydrogen-bond donors (Lipinski definition) is 6. The average molecular weight is 1440 g/mol. The van der Waals surface area contributed by atoms with E-state index in [0.717, 1.165) is 61.7 Å².